The third-order valence-electron chi connectivity index (χ3n) is 4.50. The maximum atomic E-state index is 13.0. The van der Waals surface area contributed by atoms with Gasteiger partial charge in [-0.2, -0.15) is 0 Å². The van der Waals surface area contributed by atoms with Gasteiger partial charge in [0.05, 0.1) is 14.7 Å². The molecule has 0 aromatic heterocycles. The summed E-state index contributed by atoms with van der Waals surface area (Å²) >= 11 is 5.81. The highest BCUT2D eigenvalue weighted by atomic mass is 35.5. The number of halogens is 2. The second kappa shape index (κ2) is 8.85. The first-order valence-corrected chi connectivity index (χ1v) is 12.3. The summed E-state index contributed by atoms with van der Waals surface area (Å²) in [7, 11) is -7.86. The van der Waals surface area contributed by atoms with Gasteiger partial charge in [0, 0.05) is 11.6 Å². The summed E-state index contributed by atoms with van der Waals surface area (Å²) in [5, 5.41) is 0.395. The van der Waals surface area contributed by atoms with E-state index in [4.69, 9.17) is 11.6 Å². The fourth-order valence-corrected chi connectivity index (χ4v) is 5.63. The standard InChI is InChI=1S/C21H19ClFNO4S2/c1-15-2-9-20(29(25,26)19-10-5-17(22)6-11-19)14-21(15)30(27,28)24-13-12-16-3-7-18(23)8-4-16/h2-11,14,24H,12-13H2,1H3. The van der Waals surface area contributed by atoms with E-state index in [0.29, 0.717) is 17.0 Å². The molecule has 0 saturated heterocycles. The Bertz CT molecular complexity index is 1260. The molecule has 9 heteroatoms. The Balaban J connectivity index is 1.84. The zero-order valence-electron chi connectivity index (χ0n) is 16.0. The first-order valence-electron chi connectivity index (χ1n) is 8.95. The van der Waals surface area contributed by atoms with Gasteiger partial charge in [0.2, 0.25) is 19.9 Å². The highest BCUT2D eigenvalue weighted by Crippen LogP contribution is 2.26. The van der Waals surface area contributed by atoms with E-state index in [9.17, 15) is 21.2 Å². The molecule has 5 nitrogen and oxygen atoms in total. The molecule has 0 fully saturated rings. The van der Waals surface area contributed by atoms with Crippen molar-refractivity contribution in [2.24, 2.45) is 0 Å². The fourth-order valence-electron chi connectivity index (χ4n) is 2.85. The molecule has 0 atom stereocenters. The van der Waals surface area contributed by atoms with Crippen LogP contribution in [0, 0.1) is 12.7 Å². The van der Waals surface area contributed by atoms with Crippen LogP contribution in [0.25, 0.3) is 0 Å². The molecule has 158 valence electrons. The minimum atomic E-state index is -3.95. The van der Waals surface area contributed by atoms with Gasteiger partial charge in [-0.05, 0) is 73.0 Å². The minimum absolute atomic E-state index is 0.0170. The molecule has 0 unspecified atom stereocenters. The van der Waals surface area contributed by atoms with Crippen molar-refractivity contribution in [2.75, 3.05) is 6.54 Å². The van der Waals surface area contributed by atoms with Crippen LogP contribution in [0.3, 0.4) is 0 Å². The maximum Gasteiger partial charge on any atom is 0.240 e. The van der Waals surface area contributed by atoms with Crippen molar-refractivity contribution in [1.82, 2.24) is 4.72 Å². The number of sulfone groups is 1. The van der Waals surface area contributed by atoms with Crippen molar-refractivity contribution in [3.63, 3.8) is 0 Å². The van der Waals surface area contributed by atoms with Crippen LogP contribution in [0.1, 0.15) is 11.1 Å². The average Bonchev–Trinajstić information content (AvgIpc) is 2.70. The van der Waals surface area contributed by atoms with Crippen LogP contribution >= 0.6 is 11.6 Å². The van der Waals surface area contributed by atoms with E-state index in [2.05, 4.69) is 4.72 Å². The zero-order valence-corrected chi connectivity index (χ0v) is 18.4. The molecule has 3 aromatic carbocycles. The molecule has 0 heterocycles. The predicted molar refractivity (Wildman–Crippen MR) is 113 cm³/mol. The fraction of sp³-hybridized carbons (Fsp3) is 0.143. The van der Waals surface area contributed by atoms with E-state index in [1.807, 2.05) is 0 Å². The van der Waals surface area contributed by atoms with E-state index < -0.39 is 19.9 Å². The lowest BCUT2D eigenvalue weighted by Crippen LogP contribution is -2.27. The van der Waals surface area contributed by atoms with E-state index in [0.717, 1.165) is 11.6 Å². The van der Waals surface area contributed by atoms with E-state index in [1.165, 1.54) is 48.5 Å². The van der Waals surface area contributed by atoms with Crippen molar-refractivity contribution < 1.29 is 21.2 Å². The van der Waals surface area contributed by atoms with E-state index in [1.54, 1.807) is 19.1 Å². The maximum absolute atomic E-state index is 13.0. The third-order valence-corrected chi connectivity index (χ3v) is 8.12. The molecule has 0 bridgehead atoms. The molecule has 0 aliphatic carbocycles. The van der Waals surface area contributed by atoms with Crippen molar-refractivity contribution >= 4 is 31.5 Å². The Morgan fingerprint density at radius 2 is 1.47 bits per heavy atom. The SMILES string of the molecule is Cc1ccc(S(=O)(=O)c2ccc(Cl)cc2)cc1S(=O)(=O)NCCc1ccc(F)cc1. The normalized spacial score (nSPS) is 12.1. The monoisotopic (exact) mass is 467 g/mol. The van der Waals surface area contributed by atoms with Crippen molar-refractivity contribution in [3.8, 4) is 0 Å². The lowest BCUT2D eigenvalue weighted by atomic mass is 10.1. The molecule has 0 aliphatic heterocycles. The van der Waals surface area contributed by atoms with Crippen LogP contribution in [0.15, 0.2) is 81.4 Å². The number of benzene rings is 3. The van der Waals surface area contributed by atoms with Gasteiger partial charge >= 0.3 is 0 Å². The molecular weight excluding hydrogens is 449 g/mol. The summed E-state index contributed by atoms with van der Waals surface area (Å²) in [5.74, 6) is -0.367. The average molecular weight is 468 g/mol. The number of nitrogens with one attached hydrogen (secondary N) is 1. The molecule has 3 rings (SSSR count). The van der Waals surface area contributed by atoms with Crippen LogP contribution < -0.4 is 4.72 Å². The number of hydrogen-bond donors (Lipinski definition) is 1. The van der Waals surface area contributed by atoms with Gasteiger partial charge in [-0.15, -0.1) is 0 Å². The van der Waals surface area contributed by atoms with Crippen molar-refractivity contribution in [2.45, 2.75) is 28.0 Å². The summed E-state index contributed by atoms with van der Waals surface area (Å²) in [6.07, 6.45) is 0.362. The first-order chi connectivity index (χ1) is 14.1. The topological polar surface area (TPSA) is 80.3 Å². The summed E-state index contributed by atoms with van der Waals surface area (Å²) in [5.41, 5.74) is 1.19. The summed E-state index contributed by atoms with van der Waals surface area (Å²) < 4.78 is 66.7. The van der Waals surface area contributed by atoms with Gasteiger partial charge < -0.3 is 0 Å². The predicted octanol–water partition coefficient (Wildman–Crippen LogP) is 4.14. The van der Waals surface area contributed by atoms with Crippen molar-refractivity contribution in [1.29, 1.82) is 0 Å². The van der Waals surface area contributed by atoms with Gasteiger partial charge in [0.15, 0.2) is 0 Å². The van der Waals surface area contributed by atoms with Crippen LogP contribution in [-0.4, -0.2) is 23.4 Å². The Kier molecular flexibility index (Phi) is 6.62. The van der Waals surface area contributed by atoms with E-state index >= 15 is 0 Å². The number of aryl methyl sites for hydroxylation is 1. The molecular formula is C21H19ClFNO4S2. The van der Waals surface area contributed by atoms with Gasteiger partial charge in [-0.1, -0.05) is 29.8 Å². The van der Waals surface area contributed by atoms with Crippen LogP contribution in [0.5, 0.6) is 0 Å². The third kappa shape index (κ3) is 5.07. The summed E-state index contributed by atoms with van der Waals surface area (Å²) in [6.45, 7) is 1.68. The first kappa shape index (κ1) is 22.4. The lowest BCUT2D eigenvalue weighted by molar-refractivity contribution is 0.580. The number of rotatable bonds is 7. The second-order valence-electron chi connectivity index (χ2n) is 6.66. The second-order valence-corrected chi connectivity index (χ2v) is 10.8. The number of hydrogen-bond acceptors (Lipinski definition) is 4. The van der Waals surface area contributed by atoms with E-state index in [-0.39, 0.29) is 27.0 Å². The summed E-state index contributed by atoms with van der Waals surface area (Å²) in [4.78, 5) is -0.227. The molecule has 0 saturated carbocycles. The van der Waals surface area contributed by atoms with Crippen LogP contribution in [-0.2, 0) is 26.3 Å². The lowest BCUT2D eigenvalue weighted by Gasteiger charge is -2.12. The zero-order chi connectivity index (χ0) is 21.9. The molecule has 0 amide bonds. The Morgan fingerprint density at radius 1 is 0.867 bits per heavy atom. The molecule has 3 aromatic rings. The Hall–Kier alpha value is -2.26. The highest BCUT2D eigenvalue weighted by Gasteiger charge is 2.23. The summed E-state index contributed by atoms with van der Waals surface area (Å²) in [6, 6.07) is 15.4. The number of sulfonamides is 1. The minimum Gasteiger partial charge on any atom is -0.219 e. The van der Waals surface area contributed by atoms with Crippen molar-refractivity contribution in [3.05, 3.63) is 88.7 Å². The highest BCUT2D eigenvalue weighted by molar-refractivity contribution is 7.91. The van der Waals surface area contributed by atoms with Crippen LogP contribution in [0.4, 0.5) is 4.39 Å². The molecule has 0 radical (unpaired) electrons. The van der Waals surface area contributed by atoms with Gasteiger partial charge in [0.1, 0.15) is 5.82 Å². The van der Waals surface area contributed by atoms with Crippen LogP contribution in [0.2, 0.25) is 5.02 Å². The molecule has 30 heavy (non-hydrogen) atoms. The Labute approximate surface area is 180 Å². The quantitative estimate of drug-likeness (QED) is 0.566. The van der Waals surface area contributed by atoms with Gasteiger partial charge in [0.25, 0.3) is 0 Å². The molecule has 0 aliphatic rings. The Morgan fingerprint density at radius 3 is 2.10 bits per heavy atom. The van der Waals surface area contributed by atoms with Gasteiger partial charge in [-0.25, -0.2) is 25.9 Å². The smallest absolute Gasteiger partial charge is 0.219 e. The molecule has 1 N–H and O–H groups in total. The molecule has 0 spiro atoms. The van der Waals surface area contributed by atoms with Gasteiger partial charge in [-0.3, -0.25) is 0 Å². The largest absolute Gasteiger partial charge is 0.240 e.